The molecule has 0 atom stereocenters. The van der Waals surface area contributed by atoms with Crippen molar-refractivity contribution in [3.63, 3.8) is 0 Å². The molecule has 148 valence electrons. The molecule has 6 nitrogen and oxygen atoms in total. The fourth-order valence-electron chi connectivity index (χ4n) is 4.18. The number of hydrogen-bond acceptors (Lipinski definition) is 3. The second-order valence-corrected chi connectivity index (χ2v) is 7.96. The van der Waals surface area contributed by atoms with Crippen LogP contribution in [0.4, 0.5) is 5.82 Å². The zero-order valence-electron chi connectivity index (χ0n) is 16.5. The van der Waals surface area contributed by atoms with Crippen LogP contribution in [-0.4, -0.2) is 27.6 Å². The highest BCUT2D eigenvalue weighted by atomic mass is 16.2. The van der Waals surface area contributed by atoms with E-state index in [0.29, 0.717) is 31.1 Å². The van der Waals surface area contributed by atoms with Crippen molar-refractivity contribution in [1.82, 2.24) is 15.1 Å². The topological polar surface area (TPSA) is 67.2 Å². The van der Waals surface area contributed by atoms with Gasteiger partial charge in [-0.15, -0.1) is 0 Å². The standard InChI is InChI=1S/C22H28N4O2/c1-16-14-20-25(21(27)12-13-26(20)24-16)15-17-8-10-18(11-9-17)22(28)23-19-6-4-2-3-5-7-19/h8-11,14,19H,2-7,12-13,15H2,1H3,(H,23,28). The second-order valence-electron chi connectivity index (χ2n) is 7.96. The van der Waals surface area contributed by atoms with E-state index in [1.807, 2.05) is 41.9 Å². The fraction of sp³-hybridized carbons (Fsp3) is 0.500. The van der Waals surface area contributed by atoms with Crippen molar-refractivity contribution in [3.8, 4) is 0 Å². The van der Waals surface area contributed by atoms with E-state index in [2.05, 4.69) is 10.4 Å². The van der Waals surface area contributed by atoms with Crippen molar-refractivity contribution < 1.29 is 9.59 Å². The van der Waals surface area contributed by atoms with Crippen LogP contribution in [0.2, 0.25) is 0 Å². The first-order valence-corrected chi connectivity index (χ1v) is 10.3. The molecule has 1 N–H and O–H groups in total. The molecule has 28 heavy (non-hydrogen) atoms. The zero-order chi connectivity index (χ0) is 19.5. The summed E-state index contributed by atoms with van der Waals surface area (Å²) >= 11 is 0. The van der Waals surface area contributed by atoms with Gasteiger partial charge in [0.25, 0.3) is 5.91 Å². The lowest BCUT2D eigenvalue weighted by Gasteiger charge is -2.27. The van der Waals surface area contributed by atoms with E-state index in [0.717, 1.165) is 29.9 Å². The average molecular weight is 380 g/mol. The van der Waals surface area contributed by atoms with Gasteiger partial charge in [-0.25, -0.2) is 4.68 Å². The number of nitrogens with one attached hydrogen (secondary N) is 1. The number of fused-ring (bicyclic) bond motifs is 1. The number of carbonyl (C=O) groups excluding carboxylic acids is 2. The highest BCUT2D eigenvalue weighted by molar-refractivity contribution is 5.95. The molecule has 4 rings (SSSR count). The first kappa shape index (κ1) is 18.7. The summed E-state index contributed by atoms with van der Waals surface area (Å²) in [4.78, 5) is 26.8. The van der Waals surface area contributed by atoms with Gasteiger partial charge in [0.2, 0.25) is 5.91 Å². The molecule has 2 heterocycles. The number of amides is 2. The van der Waals surface area contributed by atoms with Crippen LogP contribution in [0.5, 0.6) is 0 Å². The smallest absolute Gasteiger partial charge is 0.251 e. The summed E-state index contributed by atoms with van der Waals surface area (Å²) < 4.78 is 1.89. The minimum Gasteiger partial charge on any atom is -0.349 e. The summed E-state index contributed by atoms with van der Waals surface area (Å²) in [6, 6.07) is 9.85. The number of hydrogen-bond donors (Lipinski definition) is 1. The molecule has 1 aromatic carbocycles. The van der Waals surface area contributed by atoms with Gasteiger partial charge >= 0.3 is 0 Å². The Balaban J connectivity index is 1.42. The normalized spacial score (nSPS) is 17.9. The van der Waals surface area contributed by atoms with Crippen molar-refractivity contribution in [2.24, 2.45) is 0 Å². The molecule has 1 aromatic heterocycles. The zero-order valence-corrected chi connectivity index (χ0v) is 16.5. The van der Waals surface area contributed by atoms with Crippen LogP contribution in [0.3, 0.4) is 0 Å². The van der Waals surface area contributed by atoms with Gasteiger partial charge in [0.15, 0.2) is 0 Å². The number of aryl methyl sites for hydroxylation is 2. The van der Waals surface area contributed by atoms with Crippen molar-refractivity contribution in [2.75, 3.05) is 4.90 Å². The van der Waals surface area contributed by atoms with Crippen LogP contribution < -0.4 is 10.2 Å². The molecular formula is C22H28N4O2. The van der Waals surface area contributed by atoms with Gasteiger partial charge < -0.3 is 5.32 Å². The van der Waals surface area contributed by atoms with E-state index in [-0.39, 0.29) is 11.8 Å². The first-order valence-electron chi connectivity index (χ1n) is 10.3. The van der Waals surface area contributed by atoms with Crippen molar-refractivity contribution in [3.05, 3.63) is 47.2 Å². The number of benzene rings is 1. The molecule has 0 unspecified atom stereocenters. The van der Waals surface area contributed by atoms with Gasteiger partial charge in [0.05, 0.1) is 18.8 Å². The van der Waals surface area contributed by atoms with Crippen LogP contribution in [0.25, 0.3) is 0 Å². The molecular weight excluding hydrogens is 352 g/mol. The third-order valence-electron chi connectivity index (χ3n) is 5.74. The molecule has 6 heteroatoms. The van der Waals surface area contributed by atoms with Crippen molar-refractivity contribution in [2.45, 2.75) is 71.0 Å². The van der Waals surface area contributed by atoms with Crippen LogP contribution in [0.1, 0.15) is 66.6 Å². The Morgan fingerprint density at radius 1 is 1.14 bits per heavy atom. The van der Waals surface area contributed by atoms with Gasteiger partial charge in [-0.05, 0) is 37.5 Å². The molecule has 1 aliphatic carbocycles. The Kier molecular flexibility index (Phi) is 5.46. The van der Waals surface area contributed by atoms with Crippen molar-refractivity contribution >= 4 is 17.6 Å². The number of aromatic nitrogens is 2. The van der Waals surface area contributed by atoms with Crippen molar-refractivity contribution in [1.29, 1.82) is 0 Å². The van der Waals surface area contributed by atoms with Crippen LogP contribution in [0, 0.1) is 6.92 Å². The Bertz CT molecular complexity index is 848. The molecule has 1 saturated carbocycles. The number of nitrogens with zero attached hydrogens (tertiary/aromatic N) is 3. The molecule has 0 radical (unpaired) electrons. The Labute approximate surface area is 165 Å². The molecule has 1 aliphatic heterocycles. The van der Waals surface area contributed by atoms with Gasteiger partial charge in [0, 0.05) is 24.1 Å². The first-order chi connectivity index (χ1) is 13.6. The van der Waals surface area contributed by atoms with Gasteiger partial charge in [-0.2, -0.15) is 5.10 Å². The number of rotatable bonds is 4. The van der Waals surface area contributed by atoms with E-state index in [9.17, 15) is 9.59 Å². The van der Waals surface area contributed by atoms with Crippen LogP contribution in [-0.2, 0) is 17.9 Å². The summed E-state index contributed by atoms with van der Waals surface area (Å²) in [6.07, 6.45) is 7.56. The van der Waals surface area contributed by atoms with Gasteiger partial charge in [-0.3, -0.25) is 14.5 Å². The molecule has 0 saturated heterocycles. The highest BCUT2D eigenvalue weighted by Crippen LogP contribution is 2.24. The minimum atomic E-state index is 0.00111. The van der Waals surface area contributed by atoms with E-state index in [1.165, 1.54) is 25.7 Å². The Morgan fingerprint density at radius 3 is 2.57 bits per heavy atom. The van der Waals surface area contributed by atoms with E-state index >= 15 is 0 Å². The van der Waals surface area contributed by atoms with Crippen LogP contribution in [0.15, 0.2) is 30.3 Å². The molecule has 0 spiro atoms. The summed E-state index contributed by atoms with van der Waals surface area (Å²) in [5.41, 5.74) is 2.60. The number of anilines is 1. The lowest BCUT2D eigenvalue weighted by atomic mass is 10.1. The fourth-order valence-corrected chi connectivity index (χ4v) is 4.18. The average Bonchev–Trinajstić information content (AvgIpc) is 2.89. The lowest BCUT2D eigenvalue weighted by Crippen LogP contribution is -2.37. The minimum absolute atomic E-state index is 0.00111. The Morgan fingerprint density at radius 2 is 1.86 bits per heavy atom. The lowest BCUT2D eigenvalue weighted by molar-refractivity contribution is -0.119. The quantitative estimate of drug-likeness (QED) is 0.825. The summed E-state index contributed by atoms with van der Waals surface area (Å²) in [5, 5.41) is 7.63. The maximum absolute atomic E-state index is 12.6. The van der Waals surface area contributed by atoms with E-state index in [1.54, 1.807) is 4.90 Å². The highest BCUT2D eigenvalue weighted by Gasteiger charge is 2.25. The predicted molar refractivity (Wildman–Crippen MR) is 108 cm³/mol. The number of carbonyl (C=O) groups is 2. The van der Waals surface area contributed by atoms with Crippen LogP contribution >= 0.6 is 0 Å². The summed E-state index contributed by atoms with van der Waals surface area (Å²) in [5.74, 6) is 0.965. The molecule has 1 fully saturated rings. The Hall–Kier alpha value is -2.63. The third-order valence-corrected chi connectivity index (χ3v) is 5.74. The maximum atomic E-state index is 12.6. The molecule has 2 aromatic rings. The van der Waals surface area contributed by atoms with Gasteiger partial charge in [0.1, 0.15) is 5.82 Å². The predicted octanol–water partition coefficient (Wildman–Crippen LogP) is 3.58. The summed E-state index contributed by atoms with van der Waals surface area (Å²) in [7, 11) is 0. The summed E-state index contributed by atoms with van der Waals surface area (Å²) in [6.45, 7) is 3.07. The second kappa shape index (κ2) is 8.17. The monoisotopic (exact) mass is 380 g/mol. The SMILES string of the molecule is Cc1cc2n(n1)CCC(=O)N2Cc1ccc(C(=O)NC2CCCCCC2)cc1. The third kappa shape index (κ3) is 4.11. The maximum Gasteiger partial charge on any atom is 0.251 e. The molecule has 2 amide bonds. The molecule has 2 aliphatic rings. The van der Waals surface area contributed by atoms with E-state index < -0.39 is 0 Å². The van der Waals surface area contributed by atoms with E-state index in [4.69, 9.17) is 0 Å². The molecule has 0 bridgehead atoms. The van der Waals surface area contributed by atoms with Gasteiger partial charge in [-0.1, -0.05) is 37.8 Å². The largest absolute Gasteiger partial charge is 0.349 e.